The molecule has 1 aliphatic heterocycles. The highest BCUT2D eigenvalue weighted by molar-refractivity contribution is 9.10. The first-order valence-electron chi connectivity index (χ1n) is 6.54. The molecule has 1 aromatic carbocycles. The van der Waals surface area contributed by atoms with Crippen LogP contribution in [0.3, 0.4) is 0 Å². The summed E-state index contributed by atoms with van der Waals surface area (Å²) >= 11 is 3.35. The van der Waals surface area contributed by atoms with Crippen LogP contribution < -0.4 is 5.32 Å². The zero-order valence-electron chi connectivity index (χ0n) is 10.7. The van der Waals surface area contributed by atoms with Gasteiger partial charge >= 0.3 is 0 Å². The Morgan fingerprint density at radius 2 is 1.95 bits per heavy atom. The minimum Gasteiger partial charge on any atom is -0.349 e. The number of halogens is 2. The van der Waals surface area contributed by atoms with Crippen molar-refractivity contribution < 1.29 is 9.18 Å². The van der Waals surface area contributed by atoms with Gasteiger partial charge in [-0.05, 0) is 37.1 Å². The van der Waals surface area contributed by atoms with Crippen molar-refractivity contribution in [1.29, 1.82) is 0 Å². The number of nitrogens with one attached hydrogen (secondary N) is 1. The summed E-state index contributed by atoms with van der Waals surface area (Å²) in [4.78, 5) is 14.1. The molecular formula is C14H18BrFN2O. The van der Waals surface area contributed by atoms with E-state index in [4.69, 9.17) is 0 Å². The van der Waals surface area contributed by atoms with Gasteiger partial charge in [0, 0.05) is 35.7 Å². The van der Waals surface area contributed by atoms with Gasteiger partial charge in [-0.25, -0.2) is 4.39 Å². The van der Waals surface area contributed by atoms with Crippen molar-refractivity contribution in [2.45, 2.75) is 18.9 Å². The molecule has 1 aliphatic rings. The Morgan fingerprint density at radius 3 is 2.53 bits per heavy atom. The van der Waals surface area contributed by atoms with Gasteiger partial charge < -0.3 is 10.2 Å². The van der Waals surface area contributed by atoms with Crippen LogP contribution in [0.5, 0.6) is 0 Å². The Balaban J connectivity index is 1.82. The fourth-order valence-electron chi connectivity index (χ4n) is 2.29. The summed E-state index contributed by atoms with van der Waals surface area (Å²) in [6, 6.07) is 7.53. The van der Waals surface area contributed by atoms with Crippen molar-refractivity contribution in [3.05, 3.63) is 34.3 Å². The second-order valence-corrected chi connectivity index (χ2v) is 5.70. The summed E-state index contributed by atoms with van der Waals surface area (Å²) < 4.78 is 13.2. The van der Waals surface area contributed by atoms with Crippen LogP contribution in [0.15, 0.2) is 28.7 Å². The van der Waals surface area contributed by atoms with Gasteiger partial charge in [0.25, 0.3) is 5.91 Å². The van der Waals surface area contributed by atoms with Crippen molar-refractivity contribution >= 4 is 21.8 Å². The van der Waals surface area contributed by atoms with Gasteiger partial charge in [-0.2, -0.15) is 0 Å². The smallest absolute Gasteiger partial charge is 0.251 e. The zero-order chi connectivity index (χ0) is 13.7. The van der Waals surface area contributed by atoms with E-state index in [1.807, 2.05) is 12.1 Å². The maximum atomic E-state index is 12.2. The monoisotopic (exact) mass is 328 g/mol. The van der Waals surface area contributed by atoms with E-state index in [0.29, 0.717) is 12.1 Å². The maximum Gasteiger partial charge on any atom is 0.251 e. The molecule has 1 amide bonds. The molecule has 1 N–H and O–H groups in total. The Kier molecular flexibility index (Phi) is 5.34. The number of piperidine rings is 1. The third-order valence-corrected chi connectivity index (χ3v) is 3.96. The van der Waals surface area contributed by atoms with Crippen LogP contribution in [-0.2, 0) is 0 Å². The highest BCUT2D eigenvalue weighted by Crippen LogP contribution is 2.13. The van der Waals surface area contributed by atoms with Crippen LogP contribution in [0.2, 0.25) is 0 Å². The van der Waals surface area contributed by atoms with Crippen molar-refractivity contribution in [3.8, 4) is 0 Å². The lowest BCUT2D eigenvalue weighted by Crippen LogP contribution is -2.45. The molecule has 0 radical (unpaired) electrons. The van der Waals surface area contributed by atoms with E-state index < -0.39 is 0 Å². The molecule has 19 heavy (non-hydrogen) atoms. The number of alkyl halides is 1. The Labute approximate surface area is 121 Å². The molecule has 3 nitrogen and oxygen atoms in total. The van der Waals surface area contributed by atoms with E-state index in [0.717, 1.165) is 30.4 Å². The molecule has 0 unspecified atom stereocenters. The minimum atomic E-state index is -0.296. The van der Waals surface area contributed by atoms with Crippen LogP contribution in [-0.4, -0.2) is 43.2 Å². The summed E-state index contributed by atoms with van der Waals surface area (Å²) in [6.07, 6.45) is 1.78. The van der Waals surface area contributed by atoms with Crippen LogP contribution in [0.1, 0.15) is 23.2 Å². The lowest BCUT2D eigenvalue weighted by Gasteiger charge is -2.31. The third-order valence-electron chi connectivity index (χ3n) is 3.43. The number of hydrogen-bond acceptors (Lipinski definition) is 2. The van der Waals surface area contributed by atoms with Crippen LogP contribution in [0.25, 0.3) is 0 Å². The zero-order valence-corrected chi connectivity index (χ0v) is 12.3. The van der Waals surface area contributed by atoms with Crippen LogP contribution >= 0.6 is 15.9 Å². The van der Waals surface area contributed by atoms with E-state index in [2.05, 4.69) is 26.1 Å². The molecule has 0 saturated carbocycles. The quantitative estimate of drug-likeness (QED) is 0.921. The van der Waals surface area contributed by atoms with Gasteiger partial charge in [0.2, 0.25) is 0 Å². The number of likely N-dealkylation sites (tertiary alicyclic amines) is 1. The third kappa shape index (κ3) is 4.28. The maximum absolute atomic E-state index is 12.2. The Morgan fingerprint density at radius 1 is 1.32 bits per heavy atom. The summed E-state index contributed by atoms with van der Waals surface area (Å²) in [5.74, 6) is -0.0311. The van der Waals surface area contributed by atoms with Gasteiger partial charge in [-0.1, -0.05) is 15.9 Å². The highest BCUT2D eigenvalue weighted by Gasteiger charge is 2.20. The van der Waals surface area contributed by atoms with Crippen LogP contribution in [0, 0.1) is 0 Å². The van der Waals surface area contributed by atoms with Gasteiger partial charge in [-0.3, -0.25) is 4.79 Å². The van der Waals surface area contributed by atoms with E-state index in [-0.39, 0.29) is 18.6 Å². The molecule has 1 aromatic rings. The number of benzene rings is 1. The fraction of sp³-hybridized carbons (Fsp3) is 0.500. The standard InChI is InChI=1S/C14H18BrFN2O/c15-12-3-1-11(2-4-12)14(19)17-13-5-8-18(9-6-13)10-7-16/h1-4,13H,5-10H2,(H,17,19). The lowest BCUT2D eigenvalue weighted by molar-refractivity contribution is 0.0909. The highest BCUT2D eigenvalue weighted by atomic mass is 79.9. The van der Waals surface area contributed by atoms with Gasteiger partial charge in [0.1, 0.15) is 6.67 Å². The number of carbonyl (C=O) groups excluding carboxylic acids is 1. The summed E-state index contributed by atoms with van der Waals surface area (Å²) in [6.45, 7) is 1.92. The second-order valence-electron chi connectivity index (χ2n) is 4.79. The predicted molar refractivity (Wildman–Crippen MR) is 77.0 cm³/mol. The normalized spacial score (nSPS) is 17.4. The first-order valence-corrected chi connectivity index (χ1v) is 7.33. The lowest BCUT2D eigenvalue weighted by atomic mass is 10.0. The molecule has 0 bridgehead atoms. The average molecular weight is 329 g/mol. The van der Waals surface area contributed by atoms with Gasteiger partial charge in [-0.15, -0.1) is 0 Å². The summed E-state index contributed by atoms with van der Waals surface area (Å²) in [7, 11) is 0. The van der Waals surface area contributed by atoms with Crippen molar-refractivity contribution in [2.75, 3.05) is 26.3 Å². The second kappa shape index (κ2) is 7.01. The van der Waals surface area contributed by atoms with E-state index in [1.54, 1.807) is 12.1 Å². The van der Waals surface area contributed by atoms with E-state index >= 15 is 0 Å². The molecule has 0 aromatic heterocycles. The molecule has 2 rings (SSSR count). The van der Waals surface area contributed by atoms with Crippen LogP contribution in [0.4, 0.5) is 4.39 Å². The molecule has 1 saturated heterocycles. The van der Waals surface area contributed by atoms with Crippen molar-refractivity contribution in [3.63, 3.8) is 0 Å². The molecule has 1 fully saturated rings. The average Bonchev–Trinajstić information content (AvgIpc) is 2.42. The molecule has 0 atom stereocenters. The molecule has 1 heterocycles. The van der Waals surface area contributed by atoms with E-state index in [9.17, 15) is 9.18 Å². The minimum absolute atomic E-state index is 0.0311. The number of carbonyl (C=O) groups is 1. The number of nitrogens with zero attached hydrogens (tertiary/aromatic N) is 1. The SMILES string of the molecule is O=C(NC1CCN(CCF)CC1)c1ccc(Br)cc1. The summed E-state index contributed by atoms with van der Waals surface area (Å²) in [5.41, 5.74) is 0.675. The largest absolute Gasteiger partial charge is 0.349 e. The van der Waals surface area contributed by atoms with Crippen molar-refractivity contribution in [2.24, 2.45) is 0 Å². The van der Waals surface area contributed by atoms with Gasteiger partial charge in [0.15, 0.2) is 0 Å². The topological polar surface area (TPSA) is 32.3 Å². The Bertz CT molecular complexity index is 416. The first kappa shape index (κ1) is 14.5. The molecule has 104 valence electrons. The van der Waals surface area contributed by atoms with Gasteiger partial charge in [0.05, 0.1) is 0 Å². The van der Waals surface area contributed by atoms with Crippen molar-refractivity contribution in [1.82, 2.24) is 10.2 Å². The first-order chi connectivity index (χ1) is 9.19. The number of hydrogen-bond donors (Lipinski definition) is 1. The fourth-order valence-corrected chi connectivity index (χ4v) is 2.55. The molecule has 0 spiro atoms. The molecular weight excluding hydrogens is 311 g/mol. The number of rotatable bonds is 4. The number of amides is 1. The Hall–Kier alpha value is -0.940. The summed E-state index contributed by atoms with van der Waals surface area (Å²) in [5, 5.41) is 3.04. The molecule has 5 heteroatoms. The molecule has 0 aliphatic carbocycles. The van der Waals surface area contributed by atoms with E-state index in [1.165, 1.54) is 0 Å². The predicted octanol–water partition coefficient (Wildman–Crippen LogP) is 2.61.